The van der Waals surface area contributed by atoms with E-state index >= 15 is 0 Å². The summed E-state index contributed by atoms with van der Waals surface area (Å²) >= 11 is 0. The number of hydrogen-bond donors (Lipinski definition) is 1. The van der Waals surface area contributed by atoms with Gasteiger partial charge >= 0.3 is 0 Å². The Morgan fingerprint density at radius 1 is 1.36 bits per heavy atom. The summed E-state index contributed by atoms with van der Waals surface area (Å²) in [7, 11) is 3.53. The van der Waals surface area contributed by atoms with E-state index in [9.17, 15) is 9.59 Å². The first-order valence-electron chi connectivity index (χ1n) is 10.2. The van der Waals surface area contributed by atoms with Crippen LogP contribution in [0.5, 0.6) is 0 Å². The SMILES string of the molecule is CCn1nc(C(C)C)cc1C(=O)N[C@H]1C[C@H]2CO[C@@H](CC(=O)N(C)C)CN2C1. The van der Waals surface area contributed by atoms with Gasteiger partial charge in [0.15, 0.2) is 0 Å². The van der Waals surface area contributed by atoms with Gasteiger partial charge < -0.3 is 15.0 Å². The molecule has 0 unspecified atom stereocenters. The van der Waals surface area contributed by atoms with Crippen LogP contribution in [0.4, 0.5) is 0 Å². The van der Waals surface area contributed by atoms with Crippen molar-refractivity contribution in [2.45, 2.75) is 64.3 Å². The lowest BCUT2D eigenvalue weighted by atomic mass is 10.1. The van der Waals surface area contributed by atoms with Crippen LogP contribution in [0.2, 0.25) is 0 Å². The fourth-order valence-corrected chi connectivity index (χ4v) is 3.95. The molecule has 2 aliphatic rings. The third-order valence-corrected chi connectivity index (χ3v) is 5.65. The lowest BCUT2D eigenvalue weighted by Crippen LogP contribution is -2.47. The normalized spacial score (nSPS) is 25.0. The fourth-order valence-electron chi connectivity index (χ4n) is 3.95. The summed E-state index contributed by atoms with van der Waals surface area (Å²) in [5.74, 6) is 0.311. The van der Waals surface area contributed by atoms with Gasteiger partial charge in [0.2, 0.25) is 5.91 Å². The Hall–Kier alpha value is -1.93. The molecule has 28 heavy (non-hydrogen) atoms. The van der Waals surface area contributed by atoms with Crippen LogP contribution in [0.1, 0.15) is 55.7 Å². The molecule has 1 aromatic heterocycles. The summed E-state index contributed by atoms with van der Waals surface area (Å²) in [5.41, 5.74) is 1.57. The van der Waals surface area contributed by atoms with Crippen molar-refractivity contribution >= 4 is 11.8 Å². The van der Waals surface area contributed by atoms with Crippen molar-refractivity contribution in [3.63, 3.8) is 0 Å². The summed E-state index contributed by atoms with van der Waals surface area (Å²) in [6.07, 6.45) is 1.20. The number of carbonyl (C=O) groups excluding carboxylic acids is 2. The van der Waals surface area contributed by atoms with Crippen molar-refractivity contribution in [2.75, 3.05) is 33.8 Å². The minimum absolute atomic E-state index is 0.0636. The maximum absolute atomic E-state index is 12.8. The standard InChI is InChI=1S/C20H33N5O3/c1-6-25-18(9-17(22-25)13(2)3)20(27)21-14-7-15-12-28-16(11-24(15)10-14)8-19(26)23(4)5/h9,13-16H,6-8,10-12H2,1-5H3,(H,21,27)/t14-,15-,16-/m0/s1. The summed E-state index contributed by atoms with van der Waals surface area (Å²) < 4.78 is 7.68. The molecule has 0 aromatic carbocycles. The molecule has 0 aliphatic carbocycles. The molecule has 3 heterocycles. The molecule has 156 valence electrons. The molecule has 0 saturated carbocycles. The predicted octanol–water partition coefficient (Wildman–Crippen LogP) is 1.08. The summed E-state index contributed by atoms with van der Waals surface area (Å²) in [6.45, 7) is 8.97. The number of ether oxygens (including phenoxy) is 1. The van der Waals surface area contributed by atoms with Gasteiger partial charge in [0.1, 0.15) is 5.69 Å². The van der Waals surface area contributed by atoms with Crippen LogP contribution in [0.25, 0.3) is 0 Å². The largest absolute Gasteiger partial charge is 0.375 e. The lowest BCUT2D eigenvalue weighted by Gasteiger charge is -2.35. The van der Waals surface area contributed by atoms with Crippen LogP contribution in [0.3, 0.4) is 0 Å². The van der Waals surface area contributed by atoms with Gasteiger partial charge in [-0.05, 0) is 25.3 Å². The fraction of sp³-hybridized carbons (Fsp3) is 0.750. The first-order valence-corrected chi connectivity index (χ1v) is 10.2. The van der Waals surface area contributed by atoms with Crippen molar-refractivity contribution in [2.24, 2.45) is 0 Å². The van der Waals surface area contributed by atoms with Crippen molar-refractivity contribution in [3.8, 4) is 0 Å². The van der Waals surface area contributed by atoms with Gasteiger partial charge in [-0.1, -0.05) is 13.8 Å². The number of amides is 2. The van der Waals surface area contributed by atoms with Crippen LogP contribution in [0.15, 0.2) is 6.07 Å². The van der Waals surface area contributed by atoms with Crippen molar-refractivity contribution in [1.29, 1.82) is 0 Å². The van der Waals surface area contributed by atoms with Crippen molar-refractivity contribution < 1.29 is 14.3 Å². The Bertz CT molecular complexity index is 715. The molecular weight excluding hydrogens is 358 g/mol. The van der Waals surface area contributed by atoms with Gasteiger partial charge in [-0.15, -0.1) is 0 Å². The number of morpholine rings is 1. The lowest BCUT2D eigenvalue weighted by molar-refractivity contribution is -0.134. The molecule has 3 rings (SSSR count). The zero-order valence-electron chi connectivity index (χ0n) is 17.6. The third-order valence-electron chi connectivity index (χ3n) is 5.65. The van der Waals surface area contributed by atoms with E-state index in [0.29, 0.717) is 37.2 Å². The Morgan fingerprint density at radius 3 is 2.75 bits per heavy atom. The highest BCUT2D eigenvalue weighted by molar-refractivity contribution is 5.93. The maximum atomic E-state index is 12.8. The average Bonchev–Trinajstić information content (AvgIpc) is 3.24. The molecule has 8 heteroatoms. The Kier molecular flexibility index (Phi) is 6.40. The first-order chi connectivity index (χ1) is 13.3. The molecule has 0 spiro atoms. The van der Waals surface area contributed by atoms with Crippen LogP contribution in [-0.4, -0.2) is 83.4 Å². The molecule has 8 nitrogen and oxygen atoms in total. The molecule has 1 N–H and O–H groups in total. The van der Waals surface area contributed by atoms with Crippen LogP contribution >= 0.6 is 0 Å². The molecule has 2 saturated heterocycles. The first kappa shape index (κ1) is 20.8. The van der Waals surface area contributed by atoms with Gasteiger partial charge in [0.05, 0.1) is 24.8 Å². The summed E-state index contributed by atoms with van der Waals surface area (Å²) in [4.78, 5) is 28.7. The summed E-state index contributed by atoms with van der Waals surface area (Å²) in [6, 6.07) is 2.29. The van der Waals surface area contributed by atoms with Crippen LogP contribution in [0, 0.1) is 0 Å². The minimum Gasteiger partial charge on any atom is -0.375 e. The summed E-state index contributed by atoms with van der Waals surface area (Å²) in [5, 5.41) is 7.72. The van der Waals surface area contributed by atoms with Crippen LogP contribution in [-0.2, 0) is 16.1 Å². The van der Waals surface area contributed by atoms with E-state index in [1.165, 1.54) is 0 Å². The maximum Gasteiger partial charge on any atom is 0.269 e. The smallest absolute Gasteiger partial charge is 0.269 e. The number of nitrogens with zero attached hydrogens (tertiary/aromatic N) is 4. The Balaban J connectivity index is 1.57. The highest BCUT2D eigenvalue weighted by Crippen LogP contribution is 2.25. The number of fused-ring (bicyclic) bond motifs is 1. The molecule has 1 aromatic rings. The minimum atomic E-state index is -0.0734. The van der Waals surface area contributed by atoms with Gasteiger partial charge in [-0.2, -0.15) is 5.10 Å². The number of hydrogen-bond acceptors (Lipinski definition) is 5. The molecule has 2 amide bonds. The Morgan fingerprint density at radius 2 is 2.11 bits per heavy atom. The van der Waals surface area contributed by atoms with Gasteiger partial charge in [0.25, 0.3) is 5.91 Å². The quantitative estimate of drug-likeness (QED) is 0.785. The van der Waals surface area contributed by atoms with E-state index < -0.39 is 0 Å². The van der Waals surface area contributed by atoms with E-state index in [2.05, 4.69) is 29.2 Å². The van der Waals surface area contributed by atoms with Crippen molar-refractivity contribution in [3.05, 3.63) is 17.5 Å². The topological polar surface area (TPSA) is 79.7 Å². The molecule has 3 atom stereocenters. The van der Waals surface area contributed by atoms with Crippen molar-refractivity contribution in [1.82, 2.24) is 24.9 Å². The van der Waals surface area contributed by atoms with Gasteiger partial charge in [0, 0.05) is 45.8 Å². The number of aromatic nitrogens is 2. The zero-order valence-corrected chi connectivity index (χ0v) is 17.6. The highest BCUT2D eigenvalue weighted by Gasteiger charge is 2.38. The second-order valence-corrected chi connectivity index (χ2v) is 8.39. The van der Waals surface area contributed by atoms with E-state index in [0.717, 1.165) is 25.2 Å². The second-order valence-electron chi connectivity index (χ2n) is 8.39. The van der Waals surface area contributed by atoms with Gasteiger partial charge in [-0.25, -0.2) is 0 Å². The molecule has 0 bridgehead atoms. The number of aryl methyl sites for hydroxylation is 1. The molecule has 0 radical (unpaired) electrons. The molecule has 2 aliphatic heterocycles. The van der Waals surface area contributed by atoms with E-state index in [1.54, 1.807) is 23.7 Å². The van der Waals surface area contributed by atoms with E-state index in [4.69, 9.17) is 4.74 Å². The van der Waals surface area contributed by atoms with E-state index in [1.807, 2.05) is 13.0 Å². The highest BCUT2D eigenvalue weighted by atomic mass is 16.5. The van der Waals surface area contributed by atoms with E-state index in [-0.39, 0.29) is 24.0 Å². The van der Waals surface area contributed by atoms with Crippen LogP contribution < -0.4 is 5.32 Å². The Labute approximate surface area is 167 Å². The molecule has 2 fully saturated rings. The number of nitrogens with one attached hydrogen (secondary N) is 1. The number of carbonyl (C=O) groups is 2. The zero-order chi connectivity index (χ0) is 20.4. The second kappa shape index (κ2) is 8.61. The van der Waals surface area contributed by atoms with Gasteiger partial charge in [-0.3, -0.25) is 19.2 Å². The third kappa shape index (κ3) is 4.55. The number of rotatable bonds is 6. The average molecular weight is 392 g/mol. The monoisotopic (exact) mass is 391 g/mol. The predicted molar refractivity (Wildman–Crippen MR) is 106 cm³/mol. The molecular formula is C20H33N5O3.